The fourth-order valence-electron chi connectivity index (χ4n) is 1.85. The number of benzene rings is 1. The standard InChI is InChI=1S/C17H26FNO4/c1-3-19-17-7-6-15(12-16(17)18)23-11-5-9-21-8-4-10-22-13-14(2)20/h6-7,12,19H,3-5,8-11,13H2,1-2H3. The molecule has 0 radical (unpaired) electrons. The van der Waals surface area contributed by atoms with Gasteiger partial charge in [-0.25, -0.2) is 4.39 Å². The van der Waals surface area contributed by atoms with Crippen molar-refractivity contribution in [1.82, 2.24) is 0 Å². The van der Waals surface area contributed by atoms with Crippen molar-refractivity contribution in [2.24, 2.45) is 0 Å². The van der Waals surface area contributed by atoms with Crippen LogP contribution in [0.15, 0.2) is 18.2 Å². The van der Waals surface area contributed by atoms with Crippen molar-refractivity contribution < 1.29 is 23.4 Å². The van der Waals surface area contributed by atoms with Gasteiger partial charge in [0.15, 0.2) is 5.78 Å². The van der Waals surface area contributed by atoms with E-state index in [1.165, 1.54) is 13.0 Å². The van der Waals surface area contributed by atoms with E-state index < -0.39 is 0 Å². The first-order valence-electron chi connectivity index (χ1n) is 7.94. The Hall–Kier alpha value is -1.66. The van der Waals surface area contributed by atoms with Gasteiger partial charge in [0.25, 0.3) is 0 Å². The number of Topliss-reactive ketones (excluding diaryl/α,β-unsaturated/α-hetero) is 1. The largest absolute Gasteiger partial charge is 0.493 e. The summed E-state index contributed by atoms with van der Waals surface area (Å²) in [6.45, 7) is 6.41. The molecule has 0 saturated heterocycles. The zero-order chi connectivity index (χ0) is 16.9. The lowest BCUT2D eigenvalue weighted by Gasteiger charge is -2.09. The van der Waals surface area contributed by atoms with E-state index in [4.69, 9.17) is 14.2 Å². The fraction of sp³-hybridized carbons (Fsp3) is 0.588. The molecule has 0 heterocycles. The van der Waals surface area contributed by atoms with Gasteiger partial charge in [-0.05, 0) is 32.4 Å². The van der Waals surface area contributed by atoms with Crippen molar-refractivity contribution in [2.45, 2.75) is 26.7 Å². The van der Waals surface area contributed by atoms with Crippen LogP contribution in [0.1, 0.15) is 26.7 Å². The lowest BCUT2D eigenvalue weighted by Crippen LogP contribution is -2.08. The van der Waals surface area contributed by atoms with Crippen molar-refractivity contribution in [3.05, 3.63) is 24.0 Å². The summed E-state index contributed by atoms with van der Waals surface area (Å²) < 4.78 is 29.7. The van der Waals surface area contributed by atoms with E-state index in [0.717, 1.165) is 12.8 Å². The van der Waals surface area contributed by atoms with E-state index in [1.807, 2.05) is 6.92 Å². The lowest BCUT2D eigenvalue weighted by atomic mass is 10.3. The summed E-state index contributed by atoms with van der Waals surface area (Å²) in [7, 11) is 0. The van der Waals surface area contributed by atoms with Crippen LogP contribution in [-0.4, -0.2) is 45.4 Å². The van der Waals surface area contributed by atoms with Gasteiger partial charge in [-0.3, -0.25) is 4.79 Å². The number of hydrogen-bond donors (Lipinski definition) is 1. The van der Waals surface area contributed by atoms with E-state index >= 15 is 0 Å². The molecule has 0 aromatic heterocycles. The van der Waals surface area contributed by atoms with E-state index in [0.29, 0.717) is 44.4 Å². The van der Waals surface area contributed by atoms with Gasteiger partial charge in [0.05, 0.1) is 12.3 Å². The number of ether oxygens (including phenoxy) is 3. The van der Waals surface area contributed by atoms with Crippen LogP contribution >= 0.6 is 0 Å². The summed E-state index contributed by atoms with van der Waals surface area (Å²) in [4.78, 5) is 10.6. The summed E-state index contributed by atoms with van der Waals surface area (Å²) >= 11 is 0. The number of nitrogens with one attached hydrogen (secondary N) is 1. The topological polar surface area (TPSA) is 56.8 Å². The van der Waals surface area contributed by atoms with Crippen LogP contribution < -0.4 is 10.1 Å². The number of halogens is 1. The molecule has 130 valence electrons. The molecule has 1 aromatic carbocycles. The van der Waals surface area contributed by atoms with E-state index in [9.17, 15) is 9.18 Å². The third-order valence-corrected chi connectivity index (χ3v) is 2.89. The smallest absolute Gasteiger partial charge is 0.155 e. The SMILES string of the molecule is CCNc1ccc(OCCCOCCCOCC(C)=O)cc1F. The molecule has 0 atom stereocenters. The monoisotopic (exact) mass is 327 g/mol. The first kappa shape index (κ1) is 19.4. The van der Waals surface area contributed by atoms with Gasteiger partial charge < -0.3 is 19.5 Å². The maximum absolute atomic E-state index is 13.7. The molecule has 1 aromatic rings. The molecular weight excluding hydrogens is 301 g/mol. The normalized spacial score (nSPS) is 10.6. The molecule has 0 aliphatic heterocycles. The molecule has 6 heteroatoms. The third-order valence-electron chi connectivity index (χ3n) is 2.89. The molecule has 1 rings (SSSR count). The van der Waals surface area contributed by atoms with E-state index in [-0.39, 0.29) is 18.2 Å². The minimum Gasteiger partial charge on any atom is -0.493 e. The minimum atomic E-state index is -0.314. The van der Waals surface area contributed by atoms with Crippen LogP contribution in [-0.2, 0) is 14.3 Å². The minimum absolute atomic E-state index is 0.0259. The third kappa shape index (κ3) is 9.15. The van der Waals surface area contributed by atoms with Crippen molar-refractivity contribution in [3.8, 4) is 5.75 Å². The van der Waals surface area contributed by atoms with Crippen molar-refractivity contribution in [2.75, 3.05) is 44.9 Å². The summed E-state index contributed by atoms with van der Waals surface area (Å²) in [5.41, 5.74) is 0.482. The summed E-state index contributed by atoms with van der Waals surface area (Å²) in [6.07, 6.45) is 1.48. The van der Waals surface area contributed by atoms with Gasteiger partial charge in [-0.15, -0.1) is 0 Å². The summed E-state index contributed by atoms with van der Waals surface area (Å²) in [6, 6.07) is 4.80. The molecule has 0 aliphatic rings. The molecule has 23 heavy (non-hydrogen) atoms. The Kier molecular flexibility index (Phi) is 9.99. The Morgan fingerprint density at radius 1 is 1.13 bits per heavy atom. The number of ketones is 1. The number of anilines is 1. The molecule has 0 spiro atoms. The lowest BCUT2D eigenvalue weighted by molar-refractivity contribution is -0.121. The van der Waals surface area contributed by atoms with Gasteiger partial charge in [0.1, 0.15) is 18.2 Å². The maximum atomic E-state index is 13.7. The summed E-state index contributed by atoms with van der Waals surface area (Å²) in [5.74, 6) is 0.228. The van der Waals surface area contributed by atoms with Crippen LogP contribution in [0.4, 0.5) is 10.1 Å². The Bertz CT molecular complexity index is 468. The number of rotatable bonds is 13. The highest BCUT2D eigenvalue weighted by molar-refractivity contribution is 5.76. The van der Waals surface area contributed by atoms with Crippen LogP contribution in [0.25, 0.3) is 0 Å². The second-order valence-electron chi connectivity index (χ2n) is 5.09. The van der Waals surface area contributed by atoms with Crippen LogP contribution in [0, 0.1) is 5.82 Å². The molecule has 0 unspecified atom stereocenters. The molecule has 0 fully saturated rings. The molecule has 1 N–H and O–H groups in total. The highest BCUT2D eigenvalue weighted by atomic mass is 19.1. The van der Waals surface area contributed by atoms with Gasteiger partial charge in [-0.2, -0.15) is 0 Å². The second kappa shape index (κ2) is 11.8. The predicted octanol–water partition coefficient (Wildman–Crippen LogP) is 3.04. The average molecular weight is 327 g/mol. The maximum Gasteiger partial charge on any atom is 0.155 e. The molecule has 0 aliphatic carbocycles. The second-order valence-corrected chi connectivity index (χ2v) is 5.09. The van der Waals surface area contributed by atoms with Gasteiger partial charge in [0, 0.05) is 38.9 Å². The molecule has 0 saturated carbocycles. The summed E-state index contributed by atoms with van der Waals surface area (Å²) in [5, 5.41) is 2.93. The number of carbonyl (C=O) groups is 1. The Morgan fingerprint density at radius 2 is 1.83 bits per heavy atom. The predicted molar refractivity (Wildman–Crippen MR) is 87.6 cm³/mol. The van der Waals surface area contributed by atoms with E-state index in [2.05, 4.69) is 5.32 Å². The van der Waals surface area contributed by atoms with Crippen molar-refractivity contribution in [3.63, 3.8) is 0 Å². The average Bonchev–Trinajstić information content (AvgIpc) is 2.51. The zero-order valence-corrected chi connectivity index (χ0v) is 13.9. The highest BCUT2D eigenvalue weighted by Crippen LogP contribution is 2.20. The van der Waals surface area contributed by atoms with Crippen LogP contribution in [0.3, 0.4) is 0 Å². The Balaban J connectivity index is 2.02. The molecule has 5 nitrogen and oxygen atoms in total. The van der Waals surface area contributed by atoms with E-state index in [1.54, 1.807) is 12.1 Å². The Morgan fingerprint density at radius 3 is 2.48 bits per heavy atom. The number of carbonyl (C=O) groups excluding carboxylic acids is 1. The Labute approximate surface area is 137 Å². The molecular formula is C17H26FNO4. The van der Waals surface area contributed by atoms with Gasteiger partial charge >= 0.3 is 0 Å². The first-order valence-corrected chi connectivity index (χ1v) is 7.94. The first-order chi connectivity index (χ1) is 11.1. The van der Waals surface area contributed by atoms with Crippen molar-refractivity contribution >= 4 is 11.5 Å². The zero-order valence-electron chi connectivity index (χ0n) is 13.9. The molecule has 0 bridgehead atoms. The van der Waals surface area contributed by atoms with Gasteiger partial charge in [-0.1, -0.05) is 0 Å². The fourth-order valence-corrected chi connectivity index (χ4v) is 1.85. The van der Waals surface area contributed by atoms with Gasteiger partial charge in [0.2, 0.25) is 0 Å². The van der Waals surface area contributed by atoms with Crippen molar-refractivity contribution in [1.29, 1.82) is 0 Å². The number of hydrogen-bond acceptors (Lipinski definition) is 5. The quantitative estimate of drug-likeness (QED) is 0.564. The van der Waals surface area contributed by atoms with Crippen LogP contribution in [0.5, 0.6) is 5.75 Å². The molecule has 0 amide bonds. The highest BCUT2D eigenvalue weighted by Gasteiger charge is 2.03. The van der Waals surface area contributed by atoms with Crippen LogP contribution in [0.2, 0.25) is 0 Å².